The first-order valence-corrected chi connectivity index (χ1v) is 7.10. The summed E-state index contributed by atoms with van der Waals surface area (Å²) in [4.78, 5) is -0.473. The Balaban J connectivity index is 3.31. The predicted molar refractivity (Wildman–Crippen MR) is 66.5 cm³/mol. The molecule has 0 unspecified atom stereocenters. The molecule has 0 saturated heterocycles. The lowest BCUT2D eigenvalue weighted by atomic mass is 10.1. The standard InChI is InChI=1S/C11H13ClF3NO2S/c1-10(2,3)16-19(17,18)7-4-5-9(12)8(6-7)11(13,14)15/h4-6,16H,1-3H3. The van der Waals surface area contributed by atoms with Gasteiger partial charge >= 0.3 is 6.18 Å². The van der Waals surface area contributed by atoms with Crippen molar-refractivity contribution in [2.75, 3.05) is 0 Å². The van der Waals surface area contributed by atoms with E-state index in [4.69, 9.17) is 11.6 Å². The molecule has 0 amide bonds. The van der Waals surface area contributed by atoms with E-state index in [9.17, 15) is 21.6 Å². The molecular weight excluding hydrogens is 303 g/mol. The molecule has 0 heterocycles. The molecule has 1 aromatic rings. The van der Waals surface area contributed by atoms with Gasteiger partial charge in [-0.15, -0.1) is 0 Å². The van der Waals surface area contributed by atoms with Gasteiger partial charge < -0.3 is 0 Å². The van der Waals surface area contributed by atoms with Crippen LogP contribution in [0.1, 0.15) is 26.3 Å². The molecule has 0 aromatic heterocycles. The Labute approximate surface area is 114 Å². The lowest BCUT2D eigenvalue weighted by molar-refractivity contribution is -0.137. The molecule has 8 heteroatoms. The van der Waals surface area contributed by atoms with Gasteiger partial charge in [0.15, 0.2) is 0 Å². The molecule has 0 radical (unpaired) electrons. The molecule has 3 nitrogen and oxygen atoms in total. The van der Waals surface area contributed by atoms with Crippen molar-refractivity contribution in [2.45, 2.75) is 37.4 Å². The normalized spacial score (nSPS) is 13.6. The summed E-state index contributed by atoms with van der Waals surface area (Å²) in [6.07, 6.45) is -4.70. The van der Waals surface area contributed by atoms with Crippen molar-refractivity contribution in [3.63, 3.8) is 0 Å². The van der Waals surface area contributed by atoms with Crippen LogP contribution in [-0.2, 0) is 16.2 Å². The zero-order valence-electron chi connectivity index (χ0n) is 10.5. The van der Waals surface area contributed by atoms with Gasteiger partial charge in [0.05, 0.1) is 15.5 Å². The molecule has 0 aliphatic carbocycles. The molecular formula is C11H13ClF3NO2S. The van der Waals surface area contributed by atoms with Crippen LogP contribution in [0, 0.1) is 0 Å². The second-order valence-corrected chi connectivity index (χ2v) is 7.08. The Bertz CT molecular complexity index is 577. The van der Waals surface area contributed by atoms with Crippen molar-refractivity contribution >= 4 is 21.6 Å². The van der Waals surface area contributed by atoms with Crippen molar-refractivity contribution in [1.29, 1.82) is 0 Å². The smallest absolute Gasteiger partial charge is 0.207 e. The average molecular weight is 316 g/mol. The number of alkyl halides is 3. The number of benzene rings is 1. The molecule has 108 valence electrons. The van der Waals surface area contributed by atoms with Crippen molar-refractivity contribution in [3.05, 3.63) is 28.8 Å². The SMILES string of the molecule is CC(C)(C)NS(=O)(=O)c1ccc(Cl)c(C(F)(F)F)c1. The molecule has 0 saturated carbocycles. The highest BCUT2D eigenvalue weighted by Gasteiger charge is 2.35. The molecule has 1 N–H and O–H groups in total. The van der Waals surface area contributed by atoms with Crippen LogP contribution in [0.3, 0.4) is 0 Å². The maximum atomic E-state index is 12.7. The van der Waals surface area contributed by atoms with E-state index in [1.54, 1.807) is 20.8 Å². The summed E-state index contributed by atoms with van der Waals surface area (Å²) in [5.41, 5.74) is -1.97. The Morgan fingerprint density at radius 2 is 1.68 bits per heavy atom. The number of halogens is 4. The first kappa shape index (κ1) is 16.3. The minimum absolute atomic E-state index is 0.473. The van der Waals surface area contributed by atoms with Gasteiger partial charge in [-0.1, -0.05) is 11.6 Å². The van der Waals surface area contributed by atoms with Crippen LogP contribution >= 0.6 is 11.6 Å². The molecule has 1 aromatic carbocycles. The summed E-state index contributed by atoms with van der Waals surface area (Å²) in [7, 11) is -4.03. The van der Waals surface area contributed by atoms with Gasteiger partial charge in [-0.2, -0.15) is 13.2 Å². The largest absolute Gasteiger partial charge is 0.417 e. The number of sulfonamides is 1. The molecule has 0 atom stereocenters. The molecule has 0 aliphatic rings. The first-order chi connectivity index (χ1) is 8.33. The van der Waals surface area contributed by atoms with Crippen LogP contribution < -0.4 is 4.72 Å². The molecule has 19 heavy (non-hydrogen) atoms. The van der Waals surface area contributed by atoms with Crippen LogP contribution in [0.15, 0.2) is 23.1 Å². The van der Waals surface area contributed by atoms with Crippen molar-refractivity contribution in [3.8, 4) is 0 Å². The third-order valence-electron chi connectivity index (χ3n) is 1.99. The highest BCUT2D eigenvalue weighted by molar-refractivity contribution is 7.89. The van der Waals surface area contributed by atoms with E-state index >= 15 is 0 Å². The molecule has 0 bridgehead atoms. The third kappa shape index (κ3) is 4.36. The van der Waals surface area contributed by atoms with Gasteiger partial charge in [0.25, 0.3) is 0 Å². The number of rotatable bonds is 2. The third-order valence-corrected chi connectivity index (χ3v) is 4.08. The van der Waals surface area contributed by atoms with Gasteiger partial charge in [-0.25, -0.2) is 13.1 Å². The Morgan fingerprint density at radius 1 is 1.16 bits per heavy atom. The van der Waals surface area contributed by atoms with Gasteiger partial charge in [-0.3, -0.25) is 0 Å². The Morgan fingerprint density at radius 3 is 2.11 bits per heavy atom. The number of hydrogen-bond acceptors (Lipinski definition) is 2. The summed E-state index contributed by atoms with van der Waals surface area (Å²) in [6.45, 7) is 4.77. The van der Waals surface area contributed by atoms with E-state index in [0.717, 1.165) is 12.1 Å². The van der Waals surface area contributed by atoms with E-state index in [1.165, 1.54) is 0 Å². The van der Waals surface area contributed by atoms with Crippen LogP contribution in [0.4, 0.5) is 13.2 Å². The topological polar surface area (TPSA) is 46.2 Å². The molecule has 0 spiro atoms. The Kier molecular flexibility index (Phi) is 4.24. The highest BCUT2D eigenvalue weighted by Crippen LogP contribution is 2.35. The fraction of sp³-hybridized carbons (Fsp3) is 0.455. The lowest BCUT2D eigenvalue weighted by Crippen LogP contribution is -2.40. The molecule has 0 fully saturated rings. The number of nitrogens with one attached hydrogen (secondary N) is 1. The van der Waals surface area contributed by atoms with Crippen LogP contribution in [0.25, 0.3) is 0 Å². The minimum Gasteiger partial charge on any atom is -0.207 e. The summed E-state index contributed by atoms with van der Waals surface area (Å²) in [6, 6.07) is 2.48. The van der Waals surface area contributed by atoms with Crippen molar-refractivity contribution in [1.82, 2.24) is 4.72 Å². The maximum absolute atomic E-state index is 12.7. The lowest BCUT2D eigenvalue weighted by Gasteiger charge is -2.21. The minimum atomic E-state index is -4.70. The second-order valence-electron chi connectivity index (χ2n) is 4.99. The van der Waals surface area contributed by atoms with Gasteiger partial charge in [0, 0.05) is 5.54 Å². The van der Waals surface area contributed by atoms with E-state index in [1.807, 2.05) is 0 Å². The van der Waals surface area contributed by atoms with Crippen LogP contribution in [0.2, 0.25) is 5.02 Å². The Hall–Kier alpha value is -0.790. The summed E-state index contributed by atoms with van der Waals surface area (Å²) in [5.74, 6) is 0. The zero-order chi connectivity index (χ0) is 15.1. The average Bonchev–Trinajstić information content (AvgIpc) is 2.11. The summed E-state index contributed by atoms with van der Waals surface area (Å²) < 4.78 is 64.1. The summed E-state index contributed by atoms with van der Waals surface area (Å²) in [5, 5.41) is -0.540. The van der Waals surface area contributed by atoms with E-state index in [2.05, 4.69) is 4.72 Å². The second kappa shape index (κ2) is 4.96. The molecule has 1 rings (SSSR count). The fourth-order valence-corrected chi connectivity index (χ4v) is 3.02. The van der Waals surface area contributed by atoms with E-state index in [-0.39, 0.29) is 0 Å². The highest BCUT2D eigenvalue weighted by atomic mass is 35.5. The summed E-state index contributed by atoms with van der Waals surface area (Å²) >= 11 is 5.43. The van der Waals surface area contributed by atoms with Gasteiger partial charge in [0.1, 0.15) is 0 Å². The molecule has 0 aliphatic heterocycles. The van der Waals surface area contributed by atoms with E-state index in [0.29, 0.717) is 6.07 Å². The van der Waals surface area contributed by atoms with E-state index < -0.39 is 37.2 Å². The van der Waals surface area contributed by atoms with Crippen molar-refractivity contribution in [2.24, 2.45) is 0 Å². The van der Waals surface area contributed by atoms with Crippen LogP contribution in [-0.4, -0.2) is 14.0 Å². The predicted octanol–water partition coefficient (Wildman–Crippen LogP) is 3.44. The van der Waals surface area contributed by atoms with Gasteiger partial charge in [0.2, 0.25) is 10.0 Å². The van der Waals surface area contributed by atoms with Crippen molar-refractivity contribution < 1.29 is 21.6 Å². The number of hydrogen-bond donors (Lipinski definition) is 1. The zero-order valence-corrected chi connectivity index (χ0v) is 12.0. The maximum Gasteiger partial charge on any atom is 0.417 e. The quantitative estimate of drug-likeness (QED) is 0.908. The fourth-order valence-electron chi connectivity index (χ4n) is 1.35. The first-order valence-electron chi connectivity index (χ1n) is 5.24. The van der Waals surface area contributed by atoms with Gasteiger partial charge in [-0.05, 0) is 39.0 Å². The monoisotopic (exact) mass is 315 g/mol. The van der Waals surface area contributed by atoms with Crippen LogP contribution in [0.5, 0.6) is 0 Å².